The predicted octanol–water partition coefficient (Wildman–Crippen LogP) is 5.99. The zero-order chi connectivity index (χ0) is 21.0. The topological polar surface area (TPSA) is 47.5 Å². The number of unbranched alkanes of at least 4 members (excludes halogenated alkanes) is 1. The SMILES string of the molecule is C=CCCCN(C)Oc1cc(-c2nc(C(C)C)cs2)nc2c(C)c(OC)ccc12. The second-order valence-corrected chi connectivity index (χ2v) is 8.26. The number of aromatic nitrogens is 2. The molecular formula is C23H29N3O2S. The van der Waals surface area contributed by atoms with Crippen LogP contribution in [0, 0.1) is 6.92 Å². The molecule has 0 N–H and O–H groups in total. The van der Waals surface area contributed by atoms with Crippen molar-refractivity contribution in [1.29, 1.82) is 0 Å². The number of aryl methyl sites for hydroxylation is 1. The van der Waals surface area contributed by atoms with Crippen LogP contribution >= 0.6 is 11.3 Å². The summed E-state index contributed by atoms with van der Waals surface area (Å²) in [5.74, 6) is 1.97. The molecule has 0 aliphatic carbocycles. The molecule has 0 atom stereocenters. The minimum absolute atomic E-state index is 0.383. The highest BCUT2D eigenvalue weighted by Gasteiger charge is 2.17. The first kappa shape index (κ1) is 21.3. The van der Waals surface area contributed by atoms with Gasteiger partial charge in [0.15, 0.2) is 5.75 Å². The van der Waals surface area contributed by atoms with Gasteiger partial charge in [-0.15, -0.1) is 23.0 Å². The standard InChI is InChI=1S/C23H29N3O2S/c1-7-8-9-12-26(5)28-21-13-18(23-25-19(14-29-23)15(2)3)24-22-16(4)20(27-6)11-10-17(21)22/h7,10-11,13-15H,1,8-9,12H2,2-6H3. The number of hydrogen-bond acceptors (Lipinski definition) is 6. The van der Waals surface area contributed by atoms with E-state index >= 15 is 0 Å². The van der Waals surface area contributed by atoms with Crippen LogP contribution in [-0.4, -0.2) is 35.7 Å². The molecule has 1 aromatic carbocycles. The lowest BCUT2D eigenvalue weighted by Gasteiger charge is -2.20. The number of fused-ring (bicyclic) bond motifs is 1. The minimum atomic E-state index is 0.383. The normalized spacial score (nSPS) is 11.4. The summed E-state index contributed by atoms with van der Waals surface area (Å²) in [7, 11) is 3.63. The summed E-state index contributed by atoms with van der Waals surface area (Å²) in [6.07, 6.45) is 3.88. The molecule has 3 rings (SSSR count). The Labute approximate surface area is 177 Å². The van der Waals surface area contributed by atoms with Crippen molar-refractivity contribution in [2.45, 2.75) is 39.5 Å². The van der Waals surface area contributed by atoms with Crippen LogP contribution in [0.3, 0.4) is 0 Å². The van der Waals surface area contributed by atoms with Gasteiger partial charge in [-0.3, -0.25) is 0 Å². The maximum Gasteiger partial charge on any atom is 0.159 e. The Kier molecular flexibility index (Phi) is 6.87. The predicted molar refractivity (Wildman–Crippen MR) is 121 cm³/mol. The summed E-state index contributed by atoms with van der Waals surface area (Å²) in [5, 5.41) is 5.83. The van der Waals surface area contributed by atoms with Gasteiger partial charge in [-0.25, -0.2) is 9.97 Å². The number of hydroxylamine groups is 2. The van der Waals surface area contributed by atoms with Crippen LogP contribution in [0.4, 0.5) is 0 Å². The molecule has 0 saturated heterocycles. The molecule has 0 amide bonds. The zero-order valence-corrected chi connectivity index (χ0v) is 18.7. The fraction of sp³-hybridized carbons (Fsp3) is 0.391. The lowest BCUT2D eigenvalue weighted by Crippen LogP contribution is -2.23. The van der Waals surface area contributed by atoms with Crippen molar-refractivity contribution in [3.05, 3.63) is 47.5 Å². The first-order valence-electron chi connectivity index (χ1n) is 9.88. The zero-order valence-electron chi connectivity index (χ0n) is 17.9. The molecule has 0 unspecified atom stereocenters. The summed E-state index contributed by atoms with van der Waals surface area (Å²) in [4.78, 5) is 15.9. The number of ether oxygens (including phenoxy) is 1. The summed E-state index contributed by atoms with van der Waals surface area (Å²) < 4.78 is 5.51. The fourth-order valence-electron chi connectivity index (χ4n) is 3.13. The van der Waals surface area contributed by atoms with Gasteiger partial charge in [0.1, 0.15) is 16.5 Å². The molecule has 2 heterocycles. The molecule has 0 aliphatic rings. The average molecular weight is 412 g/mol. The Morgan fingerprint density at radius 1 is 1.24 bits per heavy atom. The highest BCUT2D eigenvalue weighted by molar-refractivity contribution is 7.13. The molecular weight excluding hydrogens is 382 g/mol. The third-order valence-electron chi connectivity index (χ3n) is 4.83. The molecule has 154 valence electrons. The number of benzene rings is 1. The third-order valence-corrected chi connectivity index (χ3v) is 5.72. The van der Waals surface area contributed by atoms with E-state index in [2.05, 4.69) is 25.8 Å². The molecule has 6 heteroatoms. The van der Waals surface area contributed by atoms with E-state index in [-0.39, 0.29) is 0 Å². The number of nitrogens with zero attached hydrogens (tertiary/aromatic N) is 3. The molecule has 0 fully saturated rings. The van der Waals surface area contributed by atoms with Crippen LogP contribution in [0.15, 0.2) is 36.2 Å². The monoisotopic (exact) mass is 411 g/mol. The van der Waals surface area contributed by atoms with Crippen molar-refractivity contribution in [1.82, 2.24) is 15.0 Å². The van der Waals surface area contributed by atoms with Crippen molar-refractivity contribution in [2.24, 2.45) is 0 Å². The fourth-order valence-corrected chi connectivity index (χ4v) is 4.07. The molecule has 5 nitrogen and oxygen atoms in total. The van der Waals surface area contributed by atoms with Crippen LogP contribution < -0.4 is 9.57 Å². The van der Waals surface area contributed by atoms with Crippen LogP contribution in [0.5, 0.6) is 11.5 Å². The van der Waals surface area contributed by atoms with E-state index in [1.807, 2.05) is 43.3 Å². The average Bonchev–Trinajstić information content (AvgIpc) is 3.19. The minimum Gasteiger partial charge on any atom is -0.496 e. The number of methoxy groups -OCH3 is 1. The van der Waals surface area contributed by atoms with E-state index in [9.17, 15) is 0 Å². The van der Waals surface area contributed by atoms with Crippen LogP contribution in [0.2, 0.25) is 0 Å². The van der Waals surface area contributed by atoms with E-state index in [1.165, 1.54) is 0 Å². The number of pyridine rings is 1. The van der Waals surface area contributed by atoms with E-state index in [0.717, 1.165) is 63.7 Å². The van der Waals surface area contributed by atoms with Gasteiger partial charge in [0, 0.05) is 36.0 Å². The summed E-state index contributed by atoms with van der Waals surface area (Å²) >= 11 is 1.61. The van der Waals surface area contributed by atoms with Gasteiger partial charge in [0.25, 0.3) is 0 Å². The second kappa shape index (κ2) is 9.37. The highest BCUT2D eigenvalue weighted by Crippen LogP contribution is 2.36. The maximum atomic E-state index is 6.21. The van der Waals surface area contributed by atoms with Gasteiger partial charge in [-0.2, -0.15) is 0 Å². The number of rotatable bonds is 9. The Hall–Kier alpha value is -2.44. The Balaban J connectivity index is 2.07. The third kappa shape index (κ3) is 4.77. The molecule has 3 aromatic rings. The lowest BCUT2D eigenvalue weighted by molar-refractivity contribution is -0.0304. The van der Waals surface area contributed by atoms with E-state index in [1.54, 1.807) is 18.4 Å². The van der Waals surface area contributed by atoms with E-state index in [0.29, 0.717) is 5.92 Å². The maximum absolute atomic E-state index is 6.21. The van der Waals surface area contributed by atoms with Gasteiger partial charge >= 0.3 is 0 Å². The molecule has 29 heavy (non-hydrogen) atoms. The van der Waals surface area contributed by atoms with Gasteiger partial charge in [-0.05, 0) is 37.8 Å². The van der Waals surface area contributed by atoms with Gasteiger partial charge in [0.05, 0.1) is 18.3 Å². The van der Waals surface area contributed by atoms with E-state index in [4.69, 9.17) is 19.5 Å². The molecule has 0 aliphatic heterocycles. The Bertz CT molecular complexity index is 997. The Morgan fingerprint density at radius 3 is 2.69 bits per heavy atom. The molecule has 0 saturated carbocycles. The summed E-state index contributed by atoms with van der Waals surface area (Å²) in [6, 6.07) is 5.96. The van der Waals surface area contributed by atoms with Gasteiger partial charge in [0.2, 0.25) is 0 Å². The molecule has 0 bridgehead atoms. The first-order chi connectivity index (χ1) is 13.9. The Morgan fingerprint density at radius 2 is 2.03 bits per heavy atom. The largest absolute Gasteiger partial charge is 0.496 e. The first-order valence-corrected chi connectivity index (χ1v) is 10.8. The highest BCUT2D eigenvalue weighted by atomic mass is 32.1. The van der Waals surface area contributed by atoms with Crippen molar-refractivity contribution in [3.8, 4) is 22.2 Å². The smallest absolute Gasteiger partial charge is 0.159 e. The quantitative estimate of drug-likeness (QED) is 0.246. The van der Waals surface area contributed by atoms with Gasteiger partial charge < -0.3 is 9.57 Å². The van der Waals surface area contributed by atoms with E-state index < -0.39 is 0 Å². The van der Waals surface area contributed by atoms with Crippen molar-refractivity contribution >= 4 is 22.2 Å². The summed E-state index contributed by atoms with van der Waals surface area (Å²) in [5.41, 5.74) is 3.77. The van der Waals surface area contributed by atoms with Crippen LogP contribution in [0.1, 0.15) is 43.9 Å². The van der Waals surface area contributed by atoms with Crippen molar-refractivity contribution in [2.75, 3.05) is 20.7 Å². The van der Waals surface area contributed by atoms with Crippen molar-refractivity contribution < 1.29 is 9.57 Å². The van der Waals surface area contributed by atoms with Gasteiger partial charge in [-0.1, -0.05) is 19.9 Å². The van der Waals surface area contributed by atoms with Crippen molar-refractivity contribution in [3.63, 3.8) is 0 Å². The number of thiazole rings is 1. The van der Waals surface area contributed by atoms with Crippen LogP contribution in [-0.2, 0) is 0 Å². The second-order valence-electron chi connectivity index (χ2n) is 7.40. The number of hydrogen-bond donors (Lipinski definition) is 0. The number of allylic oxidation sites excluding steroid dienone is 1. The lowest BCUT2D eigenvalue weighted by atomic mass is 10.1. The molecule has 0 radical (unpaired) electrons. The van der Waals surface area contributed by atoms with Crippen LogP contribution in [0.25, 0.3) is 21.6 Å². The molecule has 0 spiro atoms. The summed E-state index contributed by atoms with van der Waals surface area (Å²) in [6.45, 7) is 10.9. The molecule has 2 aromatic heterocycles.